The highest BCUT2D eigenvalue weighted by Gasteiger charge is 2.17. The molecule has 0 amide bonds. The van der Waals surface area contributed by atoms with Gasteiger partial charge in [0.05, 0.1) is 6.54 Å². The Balaban J connectivity index is 2.18. The lowest BCUT2D eigenvalue weighted by Crippen LogP contribution is -2.10. The first-order valence-electron chi connectivity index (χ1n) is 4.13. The van der Waals surface area contributed by atoms with E-state index >= 15 is 0 Å². The van der Waals surface area contributed by atoms with Crippen molar-refractivity contribution < 1.29 is 4.74 Å². The lowest BCUT2D eigenvalue weighted by molar-refractivity contribution is 0.284. The Labute approximate surface area is 77.3 Å². The Kier molecular flexibility index (Phi) is 2.01. The number of benzene rings is 1. The molecule has 64 valence electrons. The zero-order chi connectivity index (χ0) is 9.10. The lowest BCUT2D eigenvalue weighted by atomic mass is 10.2. The second kappa shape index (κ2) is 3.32. The van der Waals surface area contributed by atoms with Crippen LogP contribution in [0.3, 0.4) is 0 Å². The molecule has 13 heavy (non-hydrogen) atoms. The predicted molar refractivity (Wildman–Crippen MR) is 51.6 cm³/mol. The molecule has 0 unspecified atom stereocenters. The summed E-state index contributed by atoms with van der Waals surface area (Å²) >= 11 is 0. The maximum atomic E-state index is 5.41. The minimum Gasteiger partial charge on any atom is -0.459 e. The summed E-state index contributed by atoms with van der Waals surface area (Å²) in [5, 5.41) is 0. The maximum Gasteiger partial charge on any atom is 0.217 e. The minimum atomic E-state index is -0.185. The summed E-state index contributed by atoms with van der Waals surface area (Å²) in [6.45, 7) is 0.570. The molecule has 0 N–H and O–H groups in total. The van der Waals surface area contributed by atoms with Crippen molar-refractivity contribution in [1.82, 2.24) is 0 Å². The summed E-state index contributed by atoms with van der Waals surface area (Å²) in [4.78, 5) is 4.21. The third-order valence-electron chi connectivity index (χ3n) is 1.86. The van der Waals surface area contributed by atoms with E-state index in [-0.39, 0.29) is 6.10 Å². The van der Waals surface area contributed by atoms with E-state index in [1.807, 2.05) is 30.3 Å². The third kappa shape index (κ3) is 1.54. The summed E-state index contributed by atoms with van der Waals surface area (Å²) in [5.41, 5.74) is 0.986. The number of rotatable bonds is 1. The largest absolute Gasteiger partial charge is 0.459 e. The predicted octanol–water partition coefficient (Wildman–Crippen LogP) is 1.47. The average Bonchev–Trinajstić information content (AvgIpc) is 2.67. The van der Waals surface area contributed by atoms with Gasteiger partial charge < -0.3 is 4.74 Å². The Bertz CT molecular complexity index is 361. The van der Waals surface area contributed by atoms with Gasteiger partial charge in [0, 0.05) is 5.56 Å². The number of terminal acetylenes is 1. The third-order valence-corrected chi connectivity index (χ3v) is 1.86. The molecule has 0 fully saturated rings. The van der Waals surface area contributed by atoms with Crippen LogP contribution in [0.1, 0.15) is 5.56 Å². The van der Waals surface area contributed by atoms with Gasteiger partial charge in [-0.3, -0.25) is 0 Å². The molecule has 2 rings (SSSR count). The number of ether oxygens (including phenoxy) is 1. The Morgan fingerprint density at radius 3 is 2.77 bits per heavy atom. The standard InChI is InChI=1S/C11H9NO/c1-2-10-8-12-11(13-10)9-6-4-3-5-7-9/h1,3-7,10H,8H2/t10-/m0/s1. The van der Waals surface area contributed by atoms with Crippen LogP contribution in [0.5, 0.6) is 0 Å². The second-order valence-electron chi connectivity index (χ2n) is 2.79. The zero-order valence-electron chi connectivity index (χ0n) is 7.10. The molecule has 1 heterocycles. The number of aliphatic imine (C=N–C) groups is 1. The molecule has 0 spiro atoms. The van der Waals surface area contributed by atoms with Crippen LogP contribution < -0.4 is 0 Å². The van der Waals surface area contributed by atoms with Gasteiger partial charge in [0.25, 0.3) is 0 Å². The molecule has 2 nitrogen and oxygen atoms in total. The van der Waals surface area contributed by atoms with Crippen molar-refractivity contribution >= 4 is 5.90 Å². The van der Waals surface area contributed by atoms with E-state index in [9.17, 15) is 0 Å². The van der Waals surface area contributed by atoms with E-state index in [0.717, 1.165) is 5.56 Å². The van der Waals surface area contributed by atoms with Crippen LogP contribution in [0.15, 0.2) is 35.3 Å². The molecule has 0 bridgehead atoms. The Hall–Kier alpha value is -1.75. The molecule has 0 aliphatic carbocycles. The van der Waals surface area contributed by atoms with Crippen molar-refractivity contribution in [2.24, 2.45) is 4.99 Å². The van der Waals surface area contributed by atoms with Crippen molar-refractivity contribution in [2.45, 2.75) is 6.10 Å². The highest BCUT2D eigenvalue weighted by molar-refractivity contribution is 5.95. The molecule has 0 aromatic heterocycles. The molecule has 2 heteroatoms. The van der Waals surface area contributed by atoms with Crippen molar-refractivity contribution in [1.29, 1.82) is 0 Å². The molecule has 0 radical (unpaired) electrons. The molecule has 0 saturated carbocycles. The summed E-state index contributed by atoms with van der Waals surface area (Å²) in [5.74, 6) is 3.18. The van der Waals surface area contributed by atoms with Crippen LogP contribution >= 0.6 is 0 Å². The SMILES string of the molecule is C#C[C@H]1CN=C(c2ccccc2)O1. The van der Waals surface area contributed by atoms with Gasteiger partial charge in [-0.05, 0) is 12.1 Å². The van der Waals surface area contributed by atoms with Crippen molar-refractivity contribution in [3.63, 3.8) is 0 Å². The number of nitrogens with zero attached hydrogens (tertiary/aromatic N) is 1. The van der Waals surface area contributed by atoms with E-state index in [1.54, 1.807) is 0 Å². The molecular formula is C11H9NO. The van der Waals surface area contributed by atoms with Crippen LogP contribution in [-0.4, -0.2) is 18.5 Å². The van der Waals surface area contributed by atoms with Crippen LogP contribution in [0, 0.1) is 12.3 Å². The zero-order valence-corrected chi connectivity index (χ0v) is 7.10. The average molecular weight is 171 g/mol. The van der Waals surface area contributed by atoms with Crippen molar-refractivity contribution in [2.75, 3.05) is 6.54 Å². The molecular weight excluding hydrogens is 162 g/mol. The molecule has 1 aliphatic rings. The molecule has 1 aromatic rings. The van der Waals surface area contributed by atoms with Crippen LogP contribution in [0.2, 0.25) is 0 Å². The second-order valence-corrected chi connectivity index (χ2v) is 2.79. The molecule has 1 aromatic carbocycles. The van der Waals surface area contributed by atoms with Crippen LogP contribution in [0.25, 0.3) is 0 Å². The van der Waals surface area contributed by atoms with E-state index < -0.39 is 0 Å². The topological polar surface area (TPSA) is 21.6 Å². The van der Waals surface area contributed by atoms with Gasteiger partial charge in [-0.2, -0.15) is 0 Å². The highest BCUT2D eigenvalue weighted by atomic mass is 16.5. The van der Waals surface area contributed by atoms with E-state index in [2.05, 4.69) is 10.9 Å². The van der Waals surface area contributed by atoms with Gasteiger partial charge >= 0.3 is 0 Å². The van der Waals surface area contributed by atoms with Gasteiger partial charge in [0.2, 0.25) is 5.90 Å². The smallest absolute Gasteiger partial charge is 0.217 e. The van der Waals surface area contributed by atoms with Gasteiger partial charge in [-0.25, -0.2) is 4.99 Å². The van der Waals surface area contributed by atoms with Crippen LogP contribution in [-0.2, 0) is 4.74 Å². The fourth-order valence-electron chi connectivity index (χ4n) is 1.20. The fraction of sp³-hybridized carbons (Fsp3) is 0.182. The van der Waals surface area contributed by atoms with E-state index in [4.69, 9.17) is 11.2 Å². The van der Waals surface area contributed by atoms with Gasteiger partial charge in [0.1, 0.15) is 0 Å². The molecule has 0 saturated heterocycles. The molecule has 1 atom stereocenters. The monoisotopic (exact) mass is 171 g/mol. The Morgan fingerprint density at radius 2 is 2.15 bits per heavy atom. The first-order chi connectivity index (χ1) is 6.40. The first kappa shape index (κ1) is 7.88. The summed E-state index contributed by atoms with van der Waals surface area (Å²) in [6.07, 6.45) is 5.04. The quantitative estimate of drug-likeness (QED) is 0.586. The van der Waals surface area contributed by atoms with Crippen LogP contribution in [0.4, 0.5) is 0 Å². The summed E-state index contributed by atoms with van der Waals surface area (Å²) in [6, 6.07) is 9.77. The highest BCUT2D eigenvalue weighted by Crippen LogP contribution is 2.10. The maximum absolute atomic E-state index is 5.41. The first-order valence-corrected chi connectivity index (χ1v) is 4.13. The number of hydrogen-bond acceptors (Lipinski definition) is 2. The summed E-state index contributed by atoms with van der Waals surface area (Å²) < 4.78 is 5.41. The Morgan fingerprint density at radius 1 is 1.38 bits per heavy atom. The van der Waals surface area contributed by atoms with Crippen molar-refractivity contribution in [3.05, 3.63) is 35.9 Å². The van der Waals surface area contributed by atoms with E-state index in [1.165, 1.54) is 0 Å². The van der Waals surface area contributed by atoms with Gasteiger partial charge in [-0.15, -0.1) is 6.42 Å². The minimum absolute atomic E-state index is 0.185. The number of hydrogen-bond donors (Lipinski definition) is 0. The van der Waals surface area contributed by atoms with Crippen molar-refractivity contribution in [3.8, 4) is 12.3 Å². The van der Waals surface area contributed by atoms with Gasteiger partial charge in [-0.1, -0.05) is 24.1 Å². The lowest BCUT2D eigenvalue weighted by Gasteiger charge is -2.03. The fourth-order valence-corrected chi connectivity index (χ4v) is 1.20. The summed E-state index contributed by atoms with van der Waals surface area (Å²) in [7, 11) is 0. The van der Waals surface area contributed by atoms with Gasteiger partial charge in [0.15, 0.2) is 6.10 Å². The molecule has 1 aliphatic heterocycles. The van der Waals surface area contributed by atoms with E-state index in [0.29, 0.717) is 12.4 Å². The normalized spacial score (nSPS) is 20.2.